The van der Waals surface area contributed by atoms with Crippen LogP contribution in [-0.2, 0) is 17.6 Å². The monoisotopic (exact) mass is 221 g/mol. The largest absolute Gasteiger partial charge is 0.384 e. The molecule has 2 heterocycles. The van der Waals surface area contributed by atoms with E-state index in [1.54, 1.807) is 0 Å². The number of ether oxygens (including phenoxy) is 1. The van der Waals surface area contributed by atoms with Crippen LogP contribution in [0.3, 0.4) is 0 Å². The second kappa shape index (κ2) is 5.25. The van der Waals surface area contributed by atoms with Gasteiger partial charge in [-0.15, -0.1) is 0 Å². The maximum Gasteiger partial charge on any atom is 0.133 e. The van der Waals surface area contributed by atoms with Gasteiger partial charge in [-0.05, 0) is 25.7 Å². The summed E-state index contributed by atoms with van der Waals surface area (Å²) in [4.78, 5) is 8.74. The van der Waals surface area contributed by atoms with E-state index in [-0.39, 0.29) is 6.10 Å². The molecule has 1 aliphatic heterocycles. The maximum absolute atomic E-state index is 5.75. The van der Waals surface area contributed by atoms with E-state index in [2.05, 4.69) is 16.9 Å². The minimum Gasteiger partial charge on any atom is -0.384 e. The number of nitrogens with two attached hydrogens (primary N) is 1. The van der Waals surface area contributed by atoms with Gasteiger partial charge < -0.3 is 10.5 Å². The van der Waals surface area contributed by atoms with Crippen LogP contribution in [-0.4, -0.2) is 22.7 Å². The molecule has 0 bridgehead atoms. The van der Waals surface area contributed by atoms with Crippen LogP contribution in [0.15, 0.2) is 6.07 Å². The molecule has 4 nitrogen and oxygen atoms in total. The highest BCUT2D eigenvalue weighted by atomic mass is 16.5. The van der Waals surface area contributed by atoms with Crippen LogP contribution < -0.4 is 5.73 Å². The number of rotatable bonds is 3. The van der Waals surface area contributed by atoms with E-state index in [0.29, 0.717) is 5.82 Å². The van der Waals surface area contributed by atoms with Crippen molar-refractivity contribution in [3.05, 3.63) is 17.6 Å². The van der Waals surface area contributed by atoms with Crippen LogP contribution >= 0.6 is 0 Å². The highest BCUT2D eigenvalue weighted by molar-refractivity contribution is 5.29. The average Bonchev–Trinajstić information content (AvgIpc) is 2.29. The van der Waals surface area contributed by atoms with Gasteiger partial charge in [0.1, 0.15) is 11.6 Å². The smallest absolute Gasteiger partial charge is 0.133 e. The van der Waals surface area contributed by atoms with Crippen LogP contribution in [0.5, 0.6) is 0 Å². The van der Waals surface area contributed by atoms with Gasteiger partial charge in [-0.1, -0.05) is 6.92 Å². The standard InChI is InChI=1S/C12H19N3O/c1-2-9-7-11(13)15-12(14-9)8-10-5-3-4-6-16-10/h7,10H,2-6,8H2,1H3,(H2,13,14,15). The predicted molar refractivity (Wildman–Crippen MR) is 63.1 cm³/mol. The van der Waals surface area contributed by atoms with Gasteiger partial charge in [-0.3, -0.25) is 0 Å². The molecule has 0 aromatic carbocycles. The molecule has 1 aliphatic rings. The molecular formula is C12H19N3O. The van der Waals surface area contributed by atoms with E-state index < -0.39 is 0 Å². The SMILES string of the molecule is CCc1cc(N)nc(CC2CCCCO2)n1. The van der Waals surface area contributed by atoms with Crippen LogP contribution in [0.2, 0.25) is 0 Å². The number of aromatic nitrogens is 2. The molecule has 0 saturated carbocycles. The number of nitrogen functional groups attached to an aromatic ring is 1. The molecule has 0 amide bonds. The van der Waals surface area contributed by atoms with E-state index >= 15 is 0 Å². The van der Waals surface area contributed by atoms with E-state index in [4.69, 9.17) is 10.5 Å². The van der Waals surface area contributed by atoms with Gasteiger partial charge in [0.2, 0.25) is 0 Å². The molecule has 16 heavy (non-hydrogen) atoms. The van der Waals surface area contributed by atoms with Crippen LogP contribution in [0.4, 0.5) is 5.82 Å². The Labute approximate surface area is 96.2 Å². The quantitative estimate of drug-likeness (QED) is 0.844. The molecule has 0 radical (unpaired) electrons. The molecule has 88 valence electrons. The number of hydrogen-bond acceptors (Lipinski definition) is 4. The van der Waals surface area contributed by atoms with Crippen molar-refractivity contribution < 1.29 is 4.74 Å². The normalized spacial score (nSPS) is 20.9. The van der Waals surface area contributed by atoms with Crippen molar-refractivity contribution in [2.24, 2.45) is 0 Å². The summed E-state index contributed by atoms with van der Waals surface area (Å²) in [5, 5.41) is 0. The molecule has 0 spiro atoms. The summed E-state index contributed by atoms with van der Waals surface area (Å²) in [6.45, 7) is 2.94. The van der Waals surface area contributed by atoms with Crippen molar-refractivity contribution in [2.75, 3.05) is 12.3 Å². The molecule has 4 heteroatoms. The summed E-state index contributed by atoms with van der Waals surface area (Å²) < 4.78 is 5.67. The maximum atomic E-state index is 5.75. The zero-order valence-corrected chi connectivity index (χ0v) is 9.78. The first kappa shape index (κ1) is 11.3. The Morgan fingerprint density at radius 1 is 1.44 bits per heavy atom. The van der Waals surface area contributed by atoms with Crippen molar-refractivity contribution >= 4 is 5.82 Å². The van der Waals surface area contributed by atoms with Gasteiger partial charge in [-0.25, -0.2) is 9.97 Å². The number of aryl methyl sites for hydroxylation is 1. The molecule has 1 atom stereocenters. The molecule has 2 rings (SSSR count). The molecule has 1 fully saturated rings. The zero-order valence-electron chi connectivity index (χ0n) is 9.78. The van der Waals surface area contributed by atoms with Gasteiger partial charge in [0, 0.05) is 24.8 Å². The molecule has 1 saturated heterocycles. The predicted octanol–water partition coefficient (Wildman–Crippen LogP) is 1.73. The third kappa shape index (κ3) is 2.92. The second-order valence-corrected chi connectivity index (χ2v) is 4.25. The lowest BCUT2D eigenvalue weighted by molar-refractivity contribution is 0.0156. The first-order valence-corrected chi connectivity index (χ1v) is 6.02. The summed E-state index contributed by atoms with van der Waals surface area (Å²) in [6, 6.07) is 1.84. The summed E-state index contributed by atoms with van der Waals surface area (Å²) in [5.74, 6) is 1.39. The summed E-state index contributed by atoms with van der Waals surface area (Å²) in [7, 11) is 0. The molecule has 1 aromatic rings. The number of anilines is 1. The molecule has 2 N–H and O–H groups in total. The fourth-order valence-corrected chi connectivity index (χ4v) is 2.02. The van der Waals surface area contributed by atoms with Crippen LogP contribution in [0, 0.1) is 0 Å². The van der Waals surface area contributed by atoms with Gasteiger partial charge >= 0.3 is 0 Å². The lowest BCUT2D eigenvalue weighted by atomic mass is 10.1. The molecule has 1 unspecified atom stereocenters. The van der Waals surface area contributed by atoms with Crippen molar-refractivity contribution in [1.29, 1.82) is 0 Å². The Hall–Kier alpha value is -1.16. The number of hydrogen-bond donors (Lipinski definition) is 1. The van der Waals surface area contributed by atoms with Crippen LogP contribution in [0.1, 0.15) is 37.7 Å². The topological polar surface area (TPSA) is 61.0 Å². The first-order valence-electron chi connectivity index (χ1n) is 6.02. The van der Waals surface area contributed by atoms with Gasteiger partial charge in [0.15, 0.2) is 0 Å². The van der Waals surface area contributed by atoms with E-state index in [1.807, 2.05) is 6.07 Å². The molecular weight excluding hydrogens is 202 g/mol. The molecule has 1 aromatic heterocycles. The fourth-order valence-electron chi connectivity index (χ4n) is 2.02. The van der Waals surface area contributed by atoms with Crippen molar-refractivity contribution in [3.8, 4) is 0 Å². The van der Waals surface area contributed by atoms with E-state index in [9.17, 15) is 0 Å². The van der Waals surface area contributed by atoms with E-state index in [1.165, 1.54) is 12.8 Å². The summed E-state index contributed by atoms with van der Waals surface area (Å²) in [6.07, 6.45) is 5.49. The fraction of sp³-hybridized carbons (Fsp3) is 0.667. The summed E-state index contributed by atoms with van der Waals surface area (Å²) in [5.41, 5.74) is 6.76. The van der Waals surface area contributed by atoms with Gasteiger partial charge in [0.25, 0.3) is 0 Å². The highest BCUT2D eigenvalue weighted by Crippen LogP contribution is 2.16. The lowest BCUT2D eigenvalue weighted by Crippen LogP contribution is -2.22. The highest BCUT2D eigenvalue weighted by Gasteiger charge is 2.16. The second-order valence-electron chi connectivity index (χ2n) is 4.25. The Kier molecular flexibility index (Phi) is 3.72. The van der Waals surface area contributed by atoms with Crippen molar-refractivity contribution in [3.63, 3.8) is 0 Å². The Balaban J connectivity index is 2.04. The lowest BCUT2D eigenvalue weighted by Gasteiger charge is -2.21. The van der Waals surface area contributed by atoms with Crippen molar-refractivity contribution in [1.82, 2.24) is 9.97 Å². The third-order valence-corrected chi connectivity index (χ3v) is 2.89. The van der Waals surface area contributed by atoms with E-state index in [0.717, 1.165) is 37.4 Å². The minimum atomic E-state index is 0.278. The Morgan fingerprint density at radius 2 is 2.31 bits per heavy atom. The first-order chi connectivity index (χ1) is 7.78. The Morgan fingerprint density at radius 3 is 3.00 bits per heavy atom. The summed E-state index contributed by atoms with van der Waals surface area (Å²) >= 11 is 0. The van der Waals surface area contributed by atoms with Crippen molar-refractivity contribution in [2.45, 2.75) is 45.1 Å². The number of nitrogens with zero attached hydrogens (tertiary/aromatic N) is 2. The third-order valence-electron chi connectivity index (χ3n) is 2.89. The average molecular weight is 221 g/mol. The Bertz CT molecular complexity index is 348. The van der Waals surface area contributed by atoms with Crippen LogP contribution in [0.25, 0.3) is 0 Å². The minimum absolute atomic E-state index is 0.278. The van der Waals surface area contributed by atoms with Gasteiger partial charge in [-0.2, -0.15) is 0 Å². The molecule has 0 aliphatic carbocycles. The van der Waals surface area contributed by atoms with Gasteiger partial charge in [0.05, 0.1) is 6.10 Å². The zero-order chi connectivity index (χ0) is 11.4.